The third-order valence-electron chi connectivity index (χ3n) is 6.62. The summed E-state index contributed by atoms with van der Waals surface area (Å²) in [5.41, 5.74) is 3.89. The first-order valence-electron chi connectivity index (χ1n) is 11.8. The average Bonchev–Trinajstić information content (AvgIpc) is 2.89. The molecule has 4 rings (SSSR count). The zero-order valence-corrected chi connectivity index (χ0v) is 19.5. The number of aliphatic hydroxyl groups is 1. The second-order valence-electron chi connectivity index (χ2n) is 8.83. The van der Waals surface area contributed by atoms with E-state index in [9.17, 15) is 14.4 Å². The van der Waals surface area contributed by atoms with Crippen LogP contribution >= 0.6 is 0 Å². The molecule has 0 radical (unpaired) electrons. The molecule has 0 aliphatic heterocycles. The zero-order valence-electron chi connectivity index (χ0n) is 19.5. The summed E-state index contributed by atoms with van der Waals surface area (Å²) >= 11 is 0. The van der Waals surface area contributed by atoms with Crippen LogP contribution in [0.25, 0.3) is 0 Å². The van der Waals surface area contributed by atoms with Crippen molar-refractivity contribution in [3.05, 3.63) is 107 Å². The molecule has 0 spiro atoms. The molecule has 3 aromatic carbocycles. The van der Waals surface area contributed by atoms with Crippen LogP contribution in [0, 0.1) is 5.92 Å². The molecule has 0 heterocycles. The molecule has 3 unspecified atom stereocenters. The molecule has 3 atom stereocenters. The number of hydrogen-bond acceptors (Lipinski definition) is 6. The minimum absolute atomic E-state index is 0.395. The van der Waals surface area contributed by atoms with Crippen LogP contribution < -0.4 is 0 Å². The van der Waals surface area contributed by atoms with E-state index in [0.29, 0.717) is 25.9 Å². The molecule has 6 heteroatoms. The number of ether oxygens (including phenoxy) is 1. The maximum atomic E-state index is 13.2. The SMILES string of the molecule is O=CC(C1CCc2ccccc2C1C(=O)OC(=O)CO)N(Cc1ccccc1)Cc1ccccc1. The summed E-state index contributed by atoms with van der Waals surface area (Å²) in [5.74, 6) is -2.91. The number of aliphatic hydroxyl groups excluding tert-OH is 1. The normalized spacial score (nSPS) is 17.9. The summed E-state index contributed by atoms with van der Waals surface area (Å²) in [6.45, 7) is 0.166. The summed E-state index contributed by atoms with van der Waals surface area (Å²) < 4.78 is 4.97. The Morgan fingerprint density at radius 2 is 1.49 bits per heavy atom. The van der Waals surface area contributed by atoms with Crippen LogP contribution in [0.4, 0.5) is 0 Å². The molecule has 35 heavy (non-hydrogen) atoms. The van der Waals surface area contributed by atoms with Gasteiger partial charge in [0.15, 0.2) is 0 Å². The van der Waals surface area contributed by atoms with Crippen molar-refractivity contribution in [3.8, 4) is 0 Å². The van der Waals surface area contributed by atoms with Gasteiger partial charge in [-0.1, -0.05) is 84.9 Å². The second kappa shape index (κ2) is 11.7. The van der Waals surface area contributed by atoms with Gasteiger partial charge in [-0.05, 0) is 41.0 Å². The lowest BCUT2D eigenvalue weighted by Gasteiger charge is -2.40. The number of carbonyl (C=O) groups is 3. The fraction of sp³-hybridized carbons (Fsp3) is 0.276. The van der Waals surface area contributed by atoms with Gasteiger partial charge < -0.3 is 14.6 Å². The van der Waals surface area contributed by atoms with Crippen LogP contribution in [0.2, 0.25) is 0 Å². The lowest BCUT2D eigenvalue weighted by atomic mass is 9.71. The number of benzene rings is 3. The van der Waals surface area contributed by atoms with Crippen molar-refractivity contribution >= 4 is 18.2 Å². The van der Waals surface area contributed by atoms with Crippen molar-refractivity contribution in [2.24, 2.45) is 5.92 Å². The number of aryl methyl sites for hydroxylation is 1. The van der Waals surface area contributed by atoms with Crippen LogP contribution in [0.15, 0.2) is 84.9 Å². The summed E-state index contributed by atoms with van der Waals surface area (Å²) in [5, 5.41) is 9.12. The van der Waals surface area contributed by atoms with Crippen LogP contribution in [0.3, 0.4) is 0 Å². The third-order valence-corrected chi connectivity index (χ3v) is 6.62. The van der Waals surface area contributed by atoms with E-state index >= 15 is 0 Å². The van der Waals surface area contributed by atoms with Crippen LogP contribution in [-0.4, -0.2) is 40.9 Å². The molecule has 6 nitrogen and oxygen atoms in total. The summed E-state index contributed by atoms with van der Waals surface area (Å²) in [4.78, 5) is 39.7. The largest absolute Gasteiger partial charge is 0.391 e. The fourth-order valence-electron chi connectivity index (χ4n) is 5.02. The predicted molar refractivity (Wildman–Crippen MR) is 131 cm³/mol. The lowest BCUT2D eigenvalue weighted by molar-refractivity contribution is -0.164. The van der Waals surface area contributed by atoms with Crippen molar-refractivity contribution in [2.75, 3.05) is 6.61 Å². The second-order valence-corrected chi connectivity index (χ2v) is 8.83. The summed E-state index contributed by atoms with van der Waals surface area (Å²) in [7, 11) is 0. The Kier molecular flexibility index (Phi) is 8.19. The number of rotatable bonds is 9. The number of fused-ring (bicyclic) bond motifs is 1. The molecule has 180 valence electrons. The molecule has 0 saturated carbocycles. The highest BCUT2D eigenvalue weighted by atomic mass is 16.6. The van der Waals surface area contributed by atoms with Gasteiger partial charge in [0.1, 0.15) is 12.9 Å². The molecule has 0 amide bonds. The smallest absolute Gasteiger partial charge is 0.339 e. The number of aldehydes is 1. The van der Waals surface area contributed by atoms with Crippen molar-refractivity contribution in [1.82, 2.24) is 4.90 Å². The van der Waals surface area contributed by atoms with Crippen LogP contribution in [-0.2, 0) is 38.6 Å². The molecule has 3 aromatic rings. The molecule has 0 saturated heterocycles. The zero-order chi connectivity index (χ0) is 24.6. The highest BCUT2D eigenvalue weighted by Crippen LogP contribution is 2.40. The molecule has 1 aliphatic carbocycles. The maximum Gasteiger partial charge on any atom is 0.339 e. The number of esters is 2. The van der Waals surface area contributed by atoms with E-state index in [2.05, 4.69) is 4.90 Å². The topological polar surface area (TPSA) is 83.9 Å². The van der Waals surface area contributed by atoms with E-state index in [1.807, 2.05) is 84.9 Å². The molecule has 0 fully saturated rings. The summed E-state index contributed by atoms with van der Waals surface area (Å²) in [6.07, 6.45) is 2.22. The summed E-state index contributed by atoms with van der Waals surface area (Å²) in [6, 6.07) is 26.8. The number of carbonyl (C=O) groups excluding carboxylic acids is 3. The minimum Gasteiger partial charge on any atom is -0.391 e. The Balaban J connectivity index is 1.71. The first kappa shape index (κ1) is 24.5. The van der Waals surface area contributed by atoms with Crippen molar-refractivity contribution < 1.29 is 24.2 Å². The maximum absolute atomic E-state index is 13.2. The van der Waals surface area contributed by atoms with Gasteiger partial charge >= 0.3 is 11.9 Å². The standard InChI is InChI=1S/C29H29NO5/c31-19-26(30(17-21-9-3-1-4-10-21)18-22-11-5-2-6-12-22)25-16-15-23-13-7-8-14-24(23)28(25)29(34)35-27(33)20-32/h1-14,19,25-26,28,32H,15-18,20H2. The van der Waals surface area contributed by atoms with Gasteiger partial charge in [0.2, 0.25) is 0 Å². The Labute approximate surface area is 205 Å². The van der Waals surface area contributed by atoms with E-state index in [4.69, 9.17) is 9.84 Å². The molecular weight excluding hydrogens is 442 g/mol. The Morgan fingerprint density at radius 3 is 2.06 bits per heavy atom. The van der Waals surface area contributed by atoms with E-state index in [-0.39, 0.29) is 0 Å². The Hall–Kier alpha value is -3.61. The van der Waals surface area contributed by atoms with Gasteiger partial charge in [-0.25, -0.2) is 4.79 Å². The van der Waals surface area contributed by atoms with Crippen molar-refractivity contribution in [1.29, 1.82) is 0 Å². The van der Waals surface area contributed by atoms with E-state index in [1.165, 1.54) is 0 Å². The molecule has 1 N–H and O–H groups in total. The molecule has 1 aliphatic rings. The first-order chi connectivity index (χ1) is 17.1. The quantitative estimate of drug-likeness (QED) is 0.291. The van der Waals surface area contributed by atoms with Gasteiger partial charge in [0, 0.05) is 13.1 Å². The van der Waals surface area contributed by atoms with Gasteiger partial charge in [-0.15, -0.1) is 0 Å². The van der Waals surface area contributed by atoms with E-state index in [0.717, 1.165) is 28.5 Å². The molecule has 0 bridgehead atoms. The highest BCUT2D eigenvalue weighted by Gasteiger charge is 2.42. The first-order valence-corrected chi connectivity index (χ1v) is 11.8. The van der Waals surface area contributed by atoms with Gasteiger partial charge in [0.05, 0.1) is 12.0 Å². The number of nitrogens with zero attached hydrogens (tertiary/aromatic N) is 1. The van der Waals surface area contributed by atoms with Crippen molar-refractivity contribution in [3.63, 3.8) is 0 Å². The van der Waals surface area contributed by atoms with E-state index < -0.39 is 36.4 Å². The molecular formula is C29H29NO5. The van der Waals surface area contributed by atoms with Gasteiger partial charge in [0.25, 0.3) is 0 Å². The fourth-order valence-corrected chi connectivity index (χ4v) is 5.02. The van der Waals surface area contributed by atoms with E-state index in [1.54, 1.807) is 0 Å². The van der Waals surface area contributed by atoms with Crippen LogP contribution in [0.5, 0.6) is 0 Å². The average molecular weight is 472 g/mol. The Bertz CT molecular complexity index is 1110. The Morgan fingerprint density at radius 1 is 0.914 bits per heavy atom. The minimum atomic E-state index is -0.995. The van der Waals surface area contributed by atoms with Crippen LogP contribution in [0.1, 0.15) is 34.6 Å². The van der Waals surface area contributed by atoms with Crippen molar-refractivity contribution in [2.45, 2.75) is 37.9 Å². The third kappa shape index (κ3) is 5.91. The monoisotopic (exact) mass is 471 g/mol. The predicted octanol–water partition coefficient (Wildman–Crippen LogP) is 3.66. The number of hydrogen-bond donors (Lipinski definition) is 1. The molecule has 0 aromatic heterocycles. The van der Waals surface area contributed by atoms with Gasteiger partial charge in [-0.2, -0.15) is 0 Å². The highest BCUT2D eigenvalue weighted by molar-refractivity contribution is 5.90. The lowest BCUT2D eigenvalue weighted by Crippen LogP contribution is -2.46. The van der Waals surface area contributed by atoms with Gasteiger partial charge in [-0.3, -0.25) is 9.69 Å².